The summed E-state index contributed by atoms with van der Waals surface area (Å²) in [5.41, 5.74) is 5.81. The number of aromatic nitrogens is 1. The largest absolute Gasteiger partial charge is 0.329 e. The zero-order valence-electron chi connectivity index (χ0n) is 8.19. The standard InChI is InChI=1S/C7H13N3O3S2/c1-5(2-8)15(12,13)9-3-6-4-14-7(11)10-6/h4-5,9H,2-3,8H2,1H3,(H,10,11). The molecule has 6 nitrogen and oxygen atoms in total. The summed E-state index contributed by atoms with van der Waals surface area (Å²) in [5.74, 6) is 0. The molecule has 0 aliphatic heterocycles. The van der Waals surface area contributed by atoms with E-state index in [1.54, 1.807) is 5.38 Å². The number of H-pyrrole nitrogens is 1. The normalized spacial score (nSPS) is 14.0. The molecule has 15 heavy (non-hydrogen) atoms. The quantitative estimate of drug-likeness (QED) is 0.637. The van der Waals surface area contributed by atoms with Crippen molar-refractivity contribution < 1.29 is 8.42 Å². The van der Waals surface area contributed by atoms with E-state index >= 15 is 0 Å². The number of hydrogen-bond donors (Lipinski definition) is 3. The summed E-state index contributed by atoms with van der Waals surface area (Å²) >= 11 is 0.999. The van der Waals surface area contributed by atoms with Crippen LogP contribution in [0.1, 0.15) is 12.6 Å². The average Bonchev–Trinajstić information content (AvgIpc) is 2.60. The summed E-state index contributed by atoms with van der Waals surface area (Å²) in [6, 6.07) is 0. The molecule has 1 atom stereocenters. The van der Waals surface area contributed by atoms with Crippen molar-refractivity contribution >= 4 is 21.4 Å². The zero-order valence-corrected chi connectivity index (χ0v) is 9.82. The molecule has 4 N–H and O–H groups in total. The molecule has 0 radical (unpaired) electrons. The molecule has 0 spiro atoms. The number of nitrogens with two attached hydrogens (primary N) is 1. The predicted octanol–water partition coefficient (Wildman–Crippen LogP) is -0.797. The first-order valence-electron chi connectivity index (χ1n) is 4.31. The summed E-state index contributed by atoms with van der Waals surface area (Å²) < 4.78 is 25.3. The van der Waals surface area contributed by atoms with Crippen LogP contribution in [0.5, 0.6) is 0 Å². The van der Waals surface area contributed by atoms with Gasteiger partial charge in [0.1, 0.15) is 0 Å². The molecule has 0 aliphatic rings. The lowest BCUT2D eigenvalue weighted by Crippen LogP contribution is -2.36. The van der Waals surface area contributed by atoms with Gasteiger partial charge < -0.3 is 10.7 Å². The minimum atomic E-state index is -3.39. The second-order valence-corrected chi connectivity index (χ2v) is 6.11. The Balaban J connectivity index is 2.61. The Morgan fingerprint density at radius 3 is 2.80 bits per heavy atom. The monoisotopic (exact) mass is 251 g/mol. The molecule has 1 rings (SSSR count). The van der Waals surface area contributed by atoms with Crippen LogP contribution in [-0.4, -0.2) is 25.2 Å². The highest BCUT2D eigenvalue weighted by atomic mass is 32.2. The summed E-state index contributed by atoms with van der Waals surface area (Å²) in [6.45, 7) is 1.68. The third kappa shape index (κ3) is 3.42. The molecule has 0 saturated heterocycles. The van der Waals surface area contributed by atoms with E-state index in [9.17, 15) is 13.2 Å². The number of aromatic amines is 1. The van der Waals surface area contributed by atoms with Gasteiger partial charge >= 0.3 is 4.87 Å². The Morgan fingerprint density at radius 1 is 1.67 bits per heavy atom. The molecular weight excluding hydrogens is 238 g/mol. The van der Waals surface area contributed by atoms with Gasteiger partial charge in [-0.25, -0.2) is 13.1 Å². The highest BCUT2D eigenvalue weighted by Gasteiger charge is 2.18. The van der Waals surface area contributed by atoms with Crippen LogP contribution in [0.4, 0.5) is 0 Å². The van der Waals surface area contributed by atoms with Crippen molar-refractivity contribution in [2.75, 3.05) is 6.54 Å². The SMILES string of the molecule is CC(CN)S(=O)(=O)NCc1csc(=O)[nH]1. The third-order valence-electron chi connectivity index (χ3n) is 1.90. The second-order valence-electron chi connectivity index (χ2n) is 3.09. The molecule has 86 valence electrons. The first kappa shape index (κ1) is 12.4. The van der Waals surface area contributed by atoms with Gasteiger partial charge in [-0.05, 0) is 6.92 Å². The van der Waals surface area contributed by atoms with Crippen LogP contribution in [0.3, 0.4) is 0 Å². The smallest absolute Gasteiger partial charge is 0.304 e. The molecule has 0 fully saturated rings. The van der Waals surface area contributed by atoms with Gasteiger partial charge in [0.15, 0.2) is 0 Å². The fourth-order valence-corrected chi connectivity index (χ4v) is 2.32. The Hall–Kier alpha value is -0.700. The number of rotatable bonds is 5. The van der Waals surface area contributed by atoms with Gasteiger partial charge in [0.25, 0.3) is 0 Å². The van der Waals surface area contributed by atoms with E-state index in [0.29, 0.717) is 5.69 Å². The van der Waals surface area contributed by atoms with Crippen LogP contribution in [0.25, 0.3) is 0 Å². The molecule has 1 heterocycles. The molecule has 1 aromatic heterocycles. The van der Waals surface area contributed by atoms with Gasteiger partial charge in [-0.1, -0.05) is 11.3 Å². The van der Waals surface area contributed by atoms with Crippen LogP contribution < -0.4 is 15.3 Å². The van der Waals surface area contributed by atoms with Gasteiger partial charge in [0.05, 0.1) is 11.8 Å². The fraction of sp³-hybridized carbons (Fsp3) is 0.571. The van der Waals surface area contributed by atoms with E-state index in [0.717, 1.165) is 11.3 Å². The minimum Gasteiger partial charge on any atom is -0.329 e. The summed E-state index contributed by atoms with van der Waals surface area (Å²) in [7, 11) is -3.39. The third-order valence-corrected chi connectivity index (χ3v) is 4.41. The van der Waals surface area contributed by atoms with E-state index in [1.165, 1.54) is 6.92 Å². The van der Waals surface area contributed by atoms with Crippen LogP contribution in [0.2, 0.25) is 0 Å². The molecule has 0 aliphatic carbocycles. The number of nitrogens with one attached hydrogen (secondary N) is 2. The van der Waals surface area contributed by atoms with Gasteiger partial charge in [-0.15, -0.1) is 0 Å². The van der Waals surface area contributed by atoms with Crippen LogP contribution in [-0.2, 0) is 16.6 Å². The van der Waals surface area contributed by atoms with Gasteiger partial charge in [-0.3, -0.25) is 4.79 Å². The molecular formula is C7H13N3O3S2. The zero-order chi connectivity index (χ0) is 11.5. The average molecular weight is 251 g/mol. The first-order chi connectivity index (χ1) is 6.95. The lowest BCUT2D eigenvalue weighted by atomic mass is 10.5. The summed E-state index contributed by atoms with van der Waals surface area (Å²) in [6.07, 6.45) is 0. The summed E-state index contributed by atoms with van der Waals surface area (Å²) in [5, 5.41) is 0.945. The van der Waals surface area contributed by atoms with E-state index in [1.807, 2.05) is 0 Å². The fourth-order valence-electron chi connectivity index (χ4n) is 0.848. The summed E-state index contributed by atoms with van der Waals surface area (Å²) in [4.78, 5) is 13.1. The van der Waals surface area contributed by atoms with Crippen LogP contribution >= 0.6 is 11.3 Å². The number of thiazole rings is 1. The molecule has 1 aromatic rings. The minimum absolute atomic E-state index is 0.0650. The predicted molar refractivity (Wildman–Crippen MR) is 59.2 cm³/mol. The number of hydrogen-bond acceptors (Lipinski definition) is 5. The topological polar surface area (TPSA) is 105 Å². The maximum atomic E-state index is 11.5. The molecule has 0 bridgehead atoms. The van der Waals surface area contributed by atoms with Crippen molar-refractivity contribution in [3.63, 3.8) is 0 Å². The Morgan fingerprint density at radius 2 is 2.33 bits per heavy atom. The molecule has 0 amide bonds. The van der Waals surface area contributed by atoms with E-state index < -0.39 is 15.3 Å². The number of sulfonamides is 1. The van der Waals surface area contributed by atoms with Gasteiger partial charge in [0, 0.05) is 17.6 Å². The van der Waals surface area contributed by atoms with E-state index in [2.05, 4.69) is 9.71 Å². The van der Waals surface area contributed by atoms with Crippen molar-refractivity contribution in [1.29, 1.82) is 0 Å². The highest BCUT2D eigenvalue weighted by Crippen LogP contribution is 2.00. The van der Waals surface area contributed by atoms with E-state index in [4.69, 9.17) is 5.73 Å². The van der Waals surface area contributed by atoms with E-state index in [-0.39, 0.29) is 18.0 Å². The van der Waals surface area contributed by atoms with Crippen molar-refractivity contribution in [1.82, 2.24) is 9.71 Å². The Labute approximate surface area is 91.6 Å². The van der Waals surface area contributed by atoms with Crippen molar-refractivity contribution in [3.8, 4) is 0 Å². The van der Waals surface area contributed by atoms with Crippen LogP contribution in [0, 0.1) is 0 Å². The molecule has 8 heteroatoms. The lowest BCUT2D eigenvalue weighted by Gasteiger charge is -2.10. The van der Waals surface area contributed by atoms with Crippen molar-refractivity contribution in [2.45, 2.75) is 18.7 Å². The maximum Gasteiger partial charge on any atom is 0.304 e. The van der Waals surface area contributed by atoms with Crippen molar-refractivity contribution in [3.05, 3.63) is 20.7 Å². The Bertz CT molecular complexity index is 462. The van der Waals surface area contributed by atoms with Gasteiger partial charge in [0.2, 0.25) is 10.0 Å². The molecule has 1 unspecified atom stereocenters. The Kier molecular flexibility index (Phi) is 4.03. The molecule has 0 saturated carbocycles. The molecule has 0 aromatic carbocycles. The van der Waals surface area contributed by atoms with Crippen molar-refractivity contribution in [2.24, 2.45) is 5.73 Å². The van der Waals surface area contributed by atoms with Crippen LogP contribution in [0.15, 0.2) is 10.2 Å². The maximum absolute atomic E-state index is 11.5. The second kappa shape index (κ2) is 4.88. The van der Waals surface area contributed by atoms with Gasteiger partial charge in [-0.2, -0.15) is 0 Å². The first-order valence-corrected chi connectivity index (χ1v) is 6.73. The highest BCUT2D eigenvalue weighted by molar-refractivity contribution is 7.90. The lowest BCUT2D eigenvalue weighted by molar-refractivity contribution is 0.568.